The van der Waals surface area contributed by atoms with Gasteiger partial charge in [-0.3, -0.25) is 10.1 Å². The molecule has 1 aromatic heterocycles. The quantitative estimate of drug-likeness (QED) is 0.663. The van der Waals surface area contributed by atoms with Gasteiger partial charge in [0, 0.05) is 19.6 Å². The summed E-state index contributed by atoms with van der Waals surface area (Å²) in [6.07, 6.45) is 0.209. The van der Waals surface area contributed by atoms with Crippen molar-refractivity contribution < 1.29 is 14.8 Å². The largest absolute Gasteiger partial charge is 0.385 e. The molecule has 0 aliphatic carbocycles. The first-order valence-electron chi connectivity index (χ1n) is 6.60. The second-order valence-corrected chi connectivity index (χ2v) is 6.02. The number of hydrogen-bond acceptors (Lipinski definition) is 7. The summed E-state index contributed by atoms with van der Waals surface area (Å²) < 4.78 is 6.12. The number of rotatable bonds is 4. The van der Waals surface area contributed by atoms with Crippen molar-refractivity contribution in [3.8, 4) is 0 Å². The predicted molar refractivity (Wildman–Crippen MR) is 79.7 cm³/mol. The Hall–Kier alpha value is -1.77. The van der Waals surface area contributed by atoms with Crippen LogP contribution in [0, 0.1) is 10.1 Å². The van der Waals surface area contributed by atoms with Gasteiger partial charge in [0.25, 0.3) is 0 Å². The third kappa shape index (κ3) is 2.45. The number of nitrogens with one attached hydrogen (secondary N) is 1. The van der Waals surface area contributed by atoms with Crippen LogP contribution in [0.1, 0.15) is 13.3 Å². The molecule has 3 rings (SSSR count). The molecule has 2 aromatic rings. The molecule has 1 aromatic carbocycles. The van der Waals surface area contributed by atoms with Crippen LogP contribution in [0.2, 0.25) is 0 Å². The second-order valence-electron chi connectivity index (χ2n) is 5.14. The fourth-order valence-electron chi connectivity index (χ4n) is 2.50. The summed E-state index contributed by atoms with van der Waals surface area (Å²) in [5.74, 6) is 0. The lowest BCUT2D eigenvalue weighted by atomic mass is 9.96. The van der Waals surface area contributed by atoms with Gasteiger partial charge >= 0.3 is 5.69 Å². The fraction of sp³-hybridized carbons (Fsp3) is 0.462. The number of nitro benzene ring substituents is 1. The van der Waals surface area contributed by atoms with E-state index in [2.05, 4.69) is 10.3 Å². The summed E-state index contributed by atoms with van der Waals surface area (Å²) in [4.78, 5) is 14.9. The van der Waals surface area contributed by atoms with Gasteiger partial charge in [-0.1, -0.05) is 0 Å². The van der Waals surface area contributed by atoms with Crippen molar-refractivity contribution in [2.75, 3.05) is 18.5 Å². The molecule has 21 heavy (non-hydrogen) atoms. The summed E-state index contributed by atoms with van der Waals surface area (Å²) in [6.45, 7) is 2.49. The third-order valence-electron chi connectivity index (χ3n) is 3.90. The molecule has 7 nitrogen and oxygen atoms in total. The van der Waals surface area contributed by atoms with E-state index < -0.39 is 10.5 Å². The third-order valence-corrected chi connectivity index (χ3v) is 4.70. The lowest BCUT2D eigenvalue weighted by Gasteiger charge is -2.26. The van der Waals surface area contributed by atoms with E-state index >= 15 is 0 Å². The maximum absolute atomic E-state index is 11.3. The van der Waals surface area contributed by atoms with Gasteiger partial charge in [0.05, 0.1) is 21.2 Å². The Kier molecular flexibility index (Phi) is 3.52. The van der Waals surface area contributed by atoms with E-state index in [1.807, 2.05) is 0 Å². The number of thiazole rings is 1. The number of hydrogen-bond donors (Lipinski definition) is 2. The maximum Gasteiger partial charge on any atom is 0.319 e. The summed E-state index contributed by atoms with van der Waals surface area (Å²) in [6, 6.07) is 3.45. The van der Waals surface area contributed by atoms with Crippen molar-refractivity contribution >= 4 is 32.9 Å². The van der Waals surface area contributed by atoms with Crippen molar-refractivity contribution in [3.63, 3.8) is 0 Å². The zero-order valence-electron chi connectivity index (χ0n) is 11.4. The highest BCUT2D eigenvalue weighted by Gasteiger charge is 2.39. The number of aliphatic hydroxyl groups is 1. The van der Waals surface area contributed by atoms with Gasteiger partial charge in [-0.15, -0.1) is 11.3 Å². The average Bonchev–Trinajstić information content (AvgIpc) is 3.03. The van der Waals surface area contributed by atoms with Gasteiger partial charge in [0.1, 0.15) is 11.3 Å². The van der Waals surface area contributed by atoms with E-state index in [9.17, 15) is 15.2 Å². The molecule has 1 aliphatic rings. The van der Waals surface area contributed by atoms with Crippen LogP contribution in [0.4, 0.5) is 11.4 Å². The van der Waals surface area contributed by atoms with E-state index in [0.29, 0.717) is 24.2 Å². The number of fused-ring (bicyclic) bond motifs is 1. The molecule has 8 heteroatoms. The maximum atomic E-state index is 11.3. The van der Waals surface area contributed by atoms with Crippen molar-refractivity contribution in [1.82, 2.24) is 4.98 Å². The predicted octanol–water partition coefficient (Wildman–Crippen LogP) is 2.16. The highest BCUT2D eigenvalue weighted by molar-refractivity contribution is 7.16. The minimum Gasteiger partial charge on any atom is -0.385 e. The minimum atomic E-state index is -1.01. The molecule has 1 aliphatic heterocycles. The Morgan fingerprint density at radius 2 is 2.48 bits per heavy atom. The molecular formula is C13H15N3O4S. The first kappa shape index (κ1) is 14.2. The van der Waals surface area contributed by atoms with Crippen LogP contribution in [0.15, 0.2) is 17.6 Å². The van der Waals surface area contributed by atoms with Crippen LogP contribution in [0.25, 0.3) is 10.2 Å². The Bertz CT molecular complexity index is 689. The Balaban J connectivity index is 1.90. The lowest BCUT2D eigenvalue weighted by Crippen LogP contribution is -2.43. The molecular weight excluding hydrogens is 294 g/mol. The van der Waals surface area contributed by atoms with Crippen molar-refractivity contribution in [2.24, 2.45) is 0 Å². The smallest absolute Gasteiger partial charge is 0.319 e. The molecule has 2 atom stereocenters. The molecule has 2 heterocycles. The Morgan fingerprint density at radius 1 is 1.67 bits per heavy atom. The molecule has 112 valence electrons. The molecule has 0 spiro atoms. The summed E-state index contributed by atoms with van der Waals surface area (Å²) >= 11 is 1.36. The lowest BCUT2D eigenvalue weighted by molar-refractivity contribution is -0.382. The topological polar surface area (TPSA) is 97.5 Å². The molecule has 0 bridgehead atoms. The number of benzene rings is 1. The summed E-state index contributed by atoms with van der Waals surface area (Å²) in [5, 5.41) is 24.8. The normalized spacial score (nSPS) is 25.3. The van der Waals surface area contributed by atoms with E-state index in [1.165, 1.54) is 11.3 Å². The summed E-state index contributed by atoms with van der Waals surface area (Å²) in [5.41, 5.74) is 1.26. The number of ether oxygens (including phenoxy) is 1. The highest BCUT2D eigenvalue weighted by atomic mass is 32.1. The van der Waals surface area contributed by atoms with Crippen molar-refractivity contribution in [2.45, 2.75) is 25.0 Å². The van der Waals surface area contributed by atoms with Gasteiger partial charge in [0.15, 0.2) is 5.52 Å². The Morgan fingerprint density at radius 3 is 3.14 bits per heavy atom. The first-order chi connectivity index (χ1) is 10.0. The first-order valence-corrected chi connectivity index (χ1v) is 7.48. The standard InChI is InChI=1S/C13H15N3O4S/c1-8-13(17,4-5-20-8)6-14-9-2-3-10-11(15-7-21-10)12(9)16(18)19/h2-3,7-8,14,17H,4-6H2,1H3. The van der Waals surface area contributed by atoms with Gasteiger partial charge in [0.2, 0.25) is 0 Å². The van der Waals surface area contributed by atoms with Crippen molar-refractivity contribution in [3.05, 3.63) is 27.8 Å². The molecule has 0 radical (unpaired) electrons. The van der Waals surface area contributed by atoms with Crippen LogP contribution in [-0.4, -0.2) is 39.9 Å². The molecule has 1 saturated heterocycles. The molecule has 0 saturated carbocycles. The number of anilines is 1. The van der Waals surface area contributed by atoms with Gasteiger partial charge in [-0.05, 0) is 19.1 Å². The van der Waals surface area contributed by atoms with E-state index in [0.717, 1.165) is 4.70 Å². The molecule has 1 fully saturated rings. The fourth-order valence-corrected chi connectivity index (χ4v) is 3.17. The molecule has 0 amide bonds. The zero-order valence-corrected chi connectivity index (χ0v) is 12.2. The number of nitrogens with zero attached hydrogens (tertiary/aromatic N) is 2. The summed E-state index contributed by atoms with van der Waals surface area (Å²) in [7, 11) is 0. The van der Waals surface area contributed by atoms with E-state index in [4.69, 9.17) is 4.74 Å². The molecule has 2 N–H and O–H groups in total. The highest BCUT2D eigenvalue weighted by Crippen LogP contribution is 2.35. The van der Waals surface area contributed by atoms with E-state index in [-0.39, 0.29) is 18.3 Å². The number of nitro groups is 1. The van der Waals surface area contributed by atoms with Gasteiger partial charge in [-0.2, -0.15) is 0 Å². The molecule has 2 unspecified atom stereocenters. The van der Waals surface area contributed by atoms with Crippen LogP contribution in [0.3, 0.4) is 0 Å². The number of aromatic nitrogens is 1. The zero-order chi connectivity index (χ0) is 15.0. The average molecular weight is 309 g/mol. The van der Waals surface area contributed by atoms with Gasteiger partial charge < -0.3 is 15.2 Å². The van der Waals surface area contributed by atoms with Crippen LogP contribution in [0.5, 0.6) is 0 Å². The van der Waals surface area contributed by atoms with Crippen molar-refractivity contribution in [1.29, 1.82) is 0 Å². The Labute approximate surface area is 124 Å². The SMILES string of the molecule is CC1OCCC1(O)CNc1ccc2scnc2c1[N+](=O)[O-]. The van der Waals surface area contributed by atoms with Crippen LogP contribution >= 0.6 is 11.3 Å². The van der Waals surface area contributed by atoms with E-state index in [1.54, 1.807) is 24.6 Å². The minimum absolute atomic E-state index is 0.0519. The van der Waals surface area contributed by atoms with Crippen LogP contribution in [-0.2, 0) is 4.74 Å². The van der Waals surface area contributed by atoms with Crippen LogP contribution < -0.4 is 5.32 Å². The monoisotopic (exact) mass is 309 g/mol. The van der Waals surface area contributed by atoms with Gasteiger partial charge in [-0.25, -0.2) is 4.98 Å². The second kappa shape index (κ2) is 5.21.